The predicted octanol–water partition coefficient (Wildman–Crippen LogP) is 2.87. The zero-order valence-electron chi connectivity index (χ0n) is 23.9. The molecule has 0 saturated carbocycles. The maximum Gasteiger partial charge on any atom is 0.261 e. The van der Waals surface area contributed by atoms with Gasteiger partial charge in [-0.1, -0.05) is 42.5 Å². The Labute approximate surface area is 247 Å². The summed E-state index contributed by atoms with van der Waals surface area (Å²) < 4.78 is 43.4. The van der Waals surface area contributed by atoms with Crippen molar-refractivity contribution in [1.29, 1.82) is 0 Å². The number of benzene rings is 3. The van der Waals surface area contributed by atoms with E-state index >= 15 is 0 Å². The van der Waals surface area contributed by atoms with E-state index in [2.05, 4.69) is 5.32 Å². The Balaban J connectivity index is 1.40. The van der Waals surface area contributed by atoms with Crippen LogP contribution < -0.4 is 14.8 Å². The van der Waals surface area contributed by atoms with E-state index in [1.165, 1.54) is 33.5 Å². The number of morpholine rings is 1. The van der Waals surface area contributed by atoms with Crippen LogP contribution in [0.2, 0.25) is 0 Å². The van der Waals surface area contributed by atoms with E-state index in [9.17, 15) is 18.0 Å². The summed E-state index contributed by atoms with van der Waals surface area (Å²) >= 11 is 0. The minimum absolute atomic E-state index is 0.144. The molecule has 1 saturated heterocycles. The van der Waals surface area contributed by atoms with Crippen LogP contribution in [0.5, 0.6) is 11.5 Å². The summed E-state index contributed by atoms with van der Waals surface area (Å²) in [6, 6.07) is 22.3. The van der Waals surface area contributed by atoms with Crippen LogP contribution in [0.4, 0.5) is 0 Å². The predicted molar refractivity (Wildman–Crippen MR) is 158 cm³/mol. The molecule has 0 radical (unpaired) electrons. The van der Waals surface area contributed by atoms with Gasteiger partial charge in [0.15, 0.2) is 6.61 Å². The molecule has 2 amide bonds. The molecule has 0 bridgehead atoms. The molecule has 1 N–H and O–H groups in total. The van der Waals surface area contributed by atoms with Gasteiger partial charge in [0.25, 0.3) is 5.91 Å². The van der Waals surface area contributed by atoms with Crippen molar-refractivity contribution in [2.45, 2.75) is 30.8 Å². The average molecular weight is 596 g/mol. The Bertz CT molecular complexity index is 1410. The molecule has 4 rings (SSSR count). The maximum atomic E-state index is 13.4. The lowest BCUT2D eigenvalue weighted by molar-refractivity contribution is -0.142. The molecule has 3 aromatic carbocycles. The van der Waals surface area contributed by atoms with Crippen LogP contribution in [0.15, 0.2) is 83.8 Å². The van der Waals surface area contributed by atoms with E-state index in [4.69, 9.17) is 14.2 Å². The molecule has 1 aliphatic heterocycles. The molecule has 0 aliphatic carbocycles. The van der Waals surface area contributed by atoms with E-state index in [1.807, 2.05) is 42.5 Å². The number of rotatable bonds is 13. The van der Waals surface area contributed by atoms with Gasteiger partial charge in [-0.3, -0.25) is 9.59 Å². The van der Waals surface area contributed by atoms with Gasteiger partial charge in [0.1, 0.15) is 17.5 Å². The van der Waals surface area contributed by atoms with Crippen molar-refractivity contribution in [2.24, 2.45) is 0 Å². The second-order valence-corrected chi connectivity index (χ2v) is 11.8. The van der Waals surface area contributed by atoms with Gasteiger partial charge in [-0.15, -0.1) is 0 Å². The highest BCUT2D eigenvalue weighted by molar-refractivity contribution is 7.89. The number of hydrogen-bond donors (Lipinski definition) is 1. The van der Waals surface area contributed by atoms with Crippen LogP contribution in [0.1, 0.15) is 18.1 Å². The van der Waals surface area contributed by atoms with Crippen LogP contribution in [0, 0.1) is 0 Å². The Morgan fingerprint density at radius 1 is 0.929 bits per heavy atom. The summed E-state index contributed by atoms with van der Waals surface area (Å²) in [6.07, 6.45) is 0.673. The second-order valence-electron chi connectivity index (χ2n) is 9.85. The van der Waals surface area contributed by atoms with Crippen LogP contribution >= 0.6 is 0 Å². The van der Waals surface area contributed by atoms with Crippen LogP contribution in [-0.4, -0.2) is 82.0 Å². The van der Waals surface area contributed by atoms with E-state index < -0.39 is 16.1 Å². The fraction of sp³-hybridized carbons (Fsp3) is 0.355. The number of carbonyl (C=O) groups excluding carboxylic acids is 2. The largest absolute Gasteiger partial charge is 0.497 e. The van der Waals surface area contributed by atoms with Gasteiger partial charge in [0.05, 0.1) is 25.2 Å². The highest BCUT2D eigenvalue weighted by Crippen LogP contribution is 2.21. The number of nitrogens with zero attached hydrogens (tertiary/aromatic N) is 2. The van der Waals surface area contributed by atoms with Gasteiger partial charge in [0, 0.05) is 26.2 Å². The zero-order valence-corrected chi connectivity index (χ0v) is 24.7. The van der Waals surface area contributed by atoms with Crippen LogP contribution in [0.25, 0.3) is 0 Å². The Hall–Kier alpha value is -3.93. The molecule has 42 heavy (non-hydrogen) atoms. The fourth-order valence-electron chi connectivity index (χ4n) is 4.50. The molecule has 224 valence electrons. The molecule has 0 aromatic heterocycles. The molecule has 3 aromatic rings. The molecule has 1 aliphatic rings. The molecule has 1 heterocycles. The van der Waals surface area contributed by atoms with Gasteiger partial charge >= 0.3 is 0 Å². The van der Waals surface area contributed by atoms with Crippen molar-refractivity contribution >= 4 is 21.8 Å². The summed E-state index contributed by atoms with van der Waals surface area (Å²) in [6.45, 7) is 3.31. The first-order valence-corrected chi connectivity index (χ1v) is 15.3. The van der Waals surface area contributed by atoms with E-state index in [0.717, 1.165) is 11.1 Å². The lowest BCUT2D eigenvalue weighted by Gasteiger charge is -2.29. The van der Waals surface area contributed by atoms with E-state index in [1.54, 1.807) is 26.2 Å². The topological polar surface area (TPSA) is 114 Å². The monoisotopic (exact) mass is 595 g/mol. The quantitative estimate of drug-likeness (QED) is 0.323. The molecule has 1 fully saturated rings. The fourth-order valence-corrected chi connectivity index (χ4v) is 5.91. The third-order valence-electron chi connectivity index (χ3n) is 7.03. The van der Waals surface area contributed by atoms with Gasteiger partial charge in [-0.05, 0) is 60.9 Å². The summed E-state index contributed by atoms with van der Waals surface area (Å²) in [4.78, 5) is 28.1. The average Bonchev–Trinajstić information content (AvgIpc) is 3.03. The Morgan fingerprint density at radius 2 is 1.57 bits per heavy atom. The number of nitrogens with one attached hydrogen (secondary N) is 1. The third kappa shape index (κ3) is 8.31. The first kappa shape index (κ1) is 31.0. The van der Waals surface area contributed by atoms with E-state index in [-0.39, 0.29) is 29.9 Å². The SMILES string of the molecule is COc1ccc(CN(C(=O)COc2ccc(S(=O)(=O)N3CCOCC3)cc2)[C@H](C)C(=O)NCCc2ccccc2)cc1. The lowest BCUT2D eigenvalue weighted by Crippen LogP contribution is -2.49. The summed E-state index contributed by atoms with van der Waals surface area (Å²) in [5.74, 6) is 0.367. The van der Waals surface area contributed by atoms with Crippen molar-refractivity contribution in [1.82, 2.24) is 14.5 Å². The van der Waals surface area contributed by atoms with Crippen molar-refractivity contribution in [3.8, 4) is 11.5 Å². The van der Waals surface area contributed by atoms with E-state index in [0.29, 0.717) is 50.8 Å². The second kappa shape index (κ2) is 14.8. The number of ether oxygens (including phenoxy) is 3. The minimum Gasteiger partial charge on any atom is -0.497 e. The number of carbonyl (C=O) groups is 2. The molecular formula is C31H37N3O7S. The van der Waals surface area contributed by atoms with Crippen molar-refractivity contribution in [2.75, 3.05) is 46.6 Å². The van der Waals surface area contributed by atoms with Crippen LogP contribution in [0.3, 0.4) is 0 Å². The minimum atomic E-state index is -3.64. The summed E-state index contributed by atoms with van der Waals surface area (Å²) in [7, 11) is -2.06. The maximum absolute atomic E-state index is 13.4. The normalized spacial score (nSPS) is 14.5. The number of methoxy groups -OCH3 is 1. The van der Waals surface area contributed by atoms with Gasteiger partial charge in [0.2, 0.25) is 15.9 Å². The van der Waals surface area contributed by atoms with Crippen LogP contribution in [-0.2, 0) is 37.3 Å². The zero-order chi connectivity index (χ0) is 30.0. The Kier molecular flexibility index (Phi) is 10.9. The van der Waals surface area contributed by atoms with Crippen molar-refractivity contribution < 1.29 is 32.2 Å². The summed E-state index contributed by atoms with van der Waals surface area (Å²) in [5, 5.41) is 2.93. The molecular weight excluding hydrogens is 558 g/mol. The first-order valence-electron chi connectivity index (χ1n) is 13.8. The van der Waals surface area contributed by atoms with Crippen molar-refractivity contribution in [3.63, 3.8) is 0 Å². The molecule has 1 atom stereocenters. The summed E-state index contributed by atoms with van der Waals surface area (Å²) in [5.41, 5.74) is 1.93. The van der Waals surface area contributed by atoms with Gasteiger partial charge in [-0.2, -0.15) is 4.31 Å². The smallest absolute Gasteiger partial charge is 0.261 e. The third-order valence-corrected chi connectivity index (χ3v) is 8.94. The molecule has 0 spiro atoms. The number of hydrogen-bond acceptors (Lipinski definition) is 7. The molecule has 10 nitrogen and oxygen atoms in total. The van der Waals surface area contributed by atoms with Gasteiger partial charge in [-0.25, -0.2) is 8.42 Å². The highest BCUT2D eigenvalue weighted by Gasteiger charge is 2.28. The molecule has 0 unspecified atom stereocenters. The lowest BCUT2D eigenvalue weighted by atomic mass is 10.1. The number of amides is 2. The highest BCUT2D eigenvalue weighted by atomic mass is 32.2. The Morgan fingerprint density at radius 3 is 2.21 bits per heavy atom. The van der Waals surface area contributed by atoms with Gasteiger partial charge < -0.3 is 24.4 Å². The molecule has 11 heteroatoms. The standard InChI is InChI=1S/C31H37N3O7S/c1-24(31(36)32-17-16-25-6-4-3-5-7-25)34(22-26-8-10-27(39-2)11-9-26)30(35)23-41-28-12-14-29(15-13-28)42(37,38)33-18-20-40-21-19-33/h3-15,24H,16-23H2,1-2H3,(H,32,36)/t24-/m1/s1. The number of sulfonamides is 1. The first-order chi connectivity index (χ1) is 20.3. The van der Waals surface area contributed by atoms with Crippen molar-refractivity contribution in [3.05, 3.63) is 90.0 Å².